The summed E-state index contributed by atoms with van der Waals surface area (Å²) in [4.78, 5) is 27.1. The lowest BCUT2D eigenvalue weighted by Crippen LogP contribution is -2.52. The highest BCUT2D eigenvalue weighted by Crippen LogP contribution is 2.18. The summed E-state index contributed by atoms with van der Waals surface area (Å²) in [6, 6.07) is 6.94. The number of carbonyl (C=O) groups excluding carboxylic acids is 2. The topological polar surface area (TPSA) is 78.0 Å². The Morgan fingerprint density at radius 3 is 2.20 bits per heavy atom. The number of carbonyl (C=O) groups is 2. The molecule has 138 valence electrons. The molecule has 25 heavy (non-hydrogen) atoms. The first-order valence-corrected chi connectivity index (χ1v) is 10.1. The van der Waals surface area contributed by atoms with Gasteiger partial charge in [-0.3, -0.25) is 9.59 Å². The van der Waals surface area contributed by atoms with E-state index in [2.05, 4.69) is 0 Å². The smallest absolute Gasteiger partial charge is 0.238 e. The molecule has 0 saturated carbocycles. The van der Waals surface area contributed by atoms with E-state index in [9.17, 15) is 18.0 Å². The summed E-state index contributed by atoms with van der Waals surface area (Å²) in [5, 5.41) is 0.457. The molecule has 1 saturated heterocycles. The second-order valence-corrected chi connectivity index (χ2v) is 8.40. The molecule has 1 heterocycles. The van der Waals surface area contributed by atoms with Crippen molar-refractivity contribution >= 4 is 33.4 Å². The van der Waals surface area contributed by atoms with Gasteiger partial charge < -0.3 is 9.80 Å². The van der Waals surface area contributed by atoms with Crippen LogP contribution in [0.2, 0.25) is 5.02 Å². The van der Waals surface area contributed by atoms with Crippen molar-refractivity contribution in [3.8, 4) is 0 Å². The molecule has 0 spiro atoms. The number of halogens is 1. The number of nitrogens with zero attached hydrogens (tertiary/aromatic N) is 3. The highest BCUT2D eigenvalue weighted by atomic mass is 35.5. The van der Waals surface area contributed by atoms with Crippen molar-refractivity contribution in [2.24, 2.45) is 0 Å². The average molecular weight is 388 g/mol. The van der Waals surface area contributed by atoms with Crippen LogP contribution in [0.3, 0.4) is 0 Å². The summed E-state index contributed by atoms with van der Waals surface area (Å²) < 4.78 is 25.3. The van der Waals surface area contributed by atoms with Gasteiger partial charge in [-0.1, -0.05) is 29.8 Å². The first kappa shape index (κ1) is 19.7. The zero-order valence-corrected chi connectivity index (χ0v) is 15.9. The van der Waals surface area contributed by atoms with Crippen molar-refractivity contribution in [2.45, 2.75) is 13.5 Å². The molecule has 0 radical (unpaired) electrons. The maximum absolute atomic E-state index is 12.5. The number of sulfonamides is 1. The van der Waals surface area contributed by atoms with Crippen LogP contribution in [0, 0.1) is 0 Å². The summed E-state index contributed by atoms with van der Waals surface area (Å²) in [5.41, 5.74) is 0.642. The number of piperazine rings is 1. The zero-order valence-electron chi connectivity index (χ0n) is 14.3. The third-order valence-corrected chi connectivity index (χ3v) is 5.73. The van der Waals surface area contributed by atoms with Crippen molar-refractivity contribution < 1.29 is 18.0 Å². The van der Waals surface area contributed by atoms with Crippen LogP contribution < -0.4 is 0 Å². The number of hydrogen-bond acceptors (Lipinski definition) is 4. The normalized spacial score (nSPS) is 15.5. The third kappa shape index (κ3) is 5.42. The number of hydrogen-bond donors (Lipinski definition) is 0. The summed E-state index contributed by atoms with van der Waals surface area (Å²) in [6.45, 7) is 3.02. The zero-order chi connectivity index (χ0) is 18.6. The molecule has 0 aromatic heterocycles. The van der Waals surface area contributed by atoms with Gasteiger partial charge in [0, 0.05) is 44.7 Å². The Morgan fingerprint density at radius 2 is 1.68 bits per heavy atom. The fourth-order valence-corrected chi connectivity index (χ4v) is 3.54. The van der Waals surface area contributed by atoms with Crippen molar-refractivity contribution in [1.82, 2.24) is 14.1 Å². The molecule has 1 aromatic rings. The van der Waals surface area contributed by atoms with Crippen LogP contribution in [-0.4, -0.2) is 73.3 Å². The Hall–Kier alpha value is -1.64. The molecule has 2 rings (SSSR count). The molecule has 2 amide bonds. The maximum Gasteiger partial charge on any atom is 0.238 e. The predicted octanol–water partition coefficient (Wildman–Crippen LogP) is 0.792. The molecule has 1 fully saturated rings. The predicted molar refractivity (Wildman–Crippen MR) is 95.5 cm³/mol. The first-order chi connectivity index (χ1) is 11.7. The molecule has 0 aliphatic carbocycles. The molecule has 0 atom stereocenters. The summed E-state index contributed by atoms with van der Waals surface area (Å²) in [7, 11) is -3.58. The van der Waals surface area contributed by atoms with Gasteiger partial charge in [0.25, 0.3) is 0 Å². The van der Waals surface area contributed by atoms with Crippen LogP contribution in [0.25, 0.3) is 0 Å². The molecule has 1 aromatic carbocycles. The molecule has 9 heteroatoms. The van der Waals surface area contributed by atoms with Gasteiger partial charge in [0.1, 0.15) is 0 Å². The minimum Gasteiger partial charge on any atom is -0.339 e. The minimum atomic E-state index is -3.58. The average Bonchev–Trinajstić information content (AvgIpc) is 2.55. The van der Waals surface area contributed by atoms with Gasteiger partial charge in [-0.15, -0.1) is 0 Å². The van der Waals surface area contributed by atoms with Crippen molar-refractivity contribution in [1.29, 1.82) is 0 Å². The van der Waals surface area contributed by atoms with E-state index >= 15 is 0 Å². The molecule has 0 bridgehead atoms. The maximum atomic E-state index is 12.5. The Morgan fingerprint density at radius 1 is 1.12 bits per heavy atom. The Bertz CT molecular complexity index is 746. The van der Waals surface area contributed by atoms with Crippen LogP contribution in [0.5, 0.6) is 0 Å². The third-order valence-electron chi connectivity index (χ3n) is 4.16. The van der Waals surface area contributed by atoms with E-state index in [4.69, 9.17) is 11.6 Å². The van der Waals surface area contributed by atoms with Crippen molar-refractivity contribution in [3.05, 3.63) is 34.9 Å². The standard InChI is InChI=1S/C16H22ClN3O4S/c1-13(21)18-7-9-19(10-8-18)16(22)12-20(25(2,23)24)11-14-5-3-4-6-15(14)17/h3-6H,7-12H2,1-2H3. The second kappa shape index (κ2) is 8.16. The van der Waals surface area contributed by atoms with E-state index < -0.39 is 10.0 Å². The summed E-state index contributed by atoms with van der Waals surface area (Å²) in [5.74, 6) is -0.302. The van der Waals surface area contributed by atoms with Gasteiger partial charge in [-0.25, -0.2) is 8.42 Å². The van der Waals surface area contributed by atoms with Gasteiger partial charge in [0.15, 0.2) is 0 Å². The summed E-state index contributed by atoms with van der Waals surface area (Å²) in [6.07, 6.45) is 1.07. The molecule has 7 nitrogen and oxygen atoms in total. The van der Waals surface area contributed by atoms with E-state index in [1.54, 1.807) is 34.1 Å². The lowest BCUT2D eigenvalue weighted by Gasteiger charge is -2.35. The molecule has 1 aliphatic heterocycles. The fourth-order valence-electron chi connectivity index (χ4n) is 2.63. The number of benzene rings is 1. The van der Waals surface area contributed by atoms with Gasteiger partial charge in [0.2, 0.25) is 21.8 Å². The molecule has 0 N–H and O–H groups in total. The van der Waals surface area contributed by atoms with E-state index in [0.717, 1.165) is 10.6 Å². The Balaban J connectivity index is 2.04. The number of amides is 2. The fraction of sp³-hybridized carbons (Fsp3) is 0.500. The van der Waals surface area contributed by atoms with Crippen LogP contribution in [0.4, 0.5) is 0 Å². The monoisotopic (exact) mass is 387 g/mol. The summed E-state index contributed by atoms with van der Waals surface area (Å²) >= 11 is 6.10. The molecular formula is C16H22ClN3O4S. The molecule has 0 unspecified atom stereocenters. The van der Waals surface area contributed by atoms with Gasteiger partial charge in [-0.2, -0.15) is 4.31 Å². The van der Waals surface area contributed by atoms with Gasteiger partial charge >= 0.3 is 0 Å². The minimum absolute atomic E-state index is 0.0245. The molecular weight excluding hydrogens is 366 g/mol. The number of rotatable bonds is 5. The van der Waals surface area contributed by atoms with E-state index in [1.165, 1.54) is 6.92 Å². The van der Waals surface area contributed by atoms with Gasteiger partial charge in [0.05, 0.1) is 12.8 Å². The van der Waals surface area contributed by atoms with Gasteiger partial charge in [-0.05, 0) is 11.6 Å². The van der Waals surface area contributed by atoms with E-state index in [-0.39, 0.29) is 24.9 Å². The van der Waals surface area contributed by atoms with Crippen LogP contribution >= 0.6 is 11.6 Å². The van der Waals surface area contributed by atoms with Crippen LogP contribution in [-0.2, 0) is 26.2 Å². The van der Waals surface area contributed by atoms with Crippen LogP contribution in [0.1, 0.15) is 12.5 Å². The highest BCUT2D eigenvalue weighted by Gasteiger charge is 2.27. The quantitative estimate of drug-likeness (QED) is 0.748. The first-order valence-electron chi connectivity index (χ1n) is 7.90. The van der Waals surface area contributed by atoms with Crippen LogP contribution in [0.15, 0.2) is 24.3 Å². The second-order valence-electron chi connectivity index (χ2n) is 6.01. The Labute approximate surface area is 153 Å². The SMILES string of the molecule is CC(=O)N1CCN(C(=O)CN(Cc2ccccc2Cl)S(C)(=O)=O)CC1. The highest BCUT2D eigenvalue weighted by molar-refractivity contribution is 7.88. The van der Waals surface area contributed by atoms with Crippen molar-refractivity contribution in [2.75, 3.05) is 39.0 Å². The lowest BCUT2D eigenvalue weighted by atomic mass is 10.2. The lowest BCUT2D eigenvalue weighted by molar-refractivity contribution is -0.138. The van der Waals surface area contributed by atoms with E-state index in [1.807, 2.05) is 0 Å². The largest absolute Gasteiger partial charge is 0.339 e. The van der Waals surface area contributed by atoms with Crippen molar-refractivity contribution in [3.63, 3.8) is 0 Å². The Kier molecular flexibility index (Phi) is 6.42. The van der Waals surface area contributed by atoms with E-state index in [0.29, 0.717) is 36.8 Å². The molecule has 1 aliphatic rings.